The highest BCUT2D eigenvalue weighted by Crippen LogP contribution is 2.34. The maximum absolute atomic E-state index is 6.02. The number of nitrogens with zero attached hydrogens (tertiary/aromatic N) is 1. The number of fused-ring (bicyclic) bond motifs is 2. The fourth-order valence-electron chi connectivity index (χ4n) is 3.51. The van der Waals surface area contributed by atoms with Gasteiger partial charge in [0.2, 0.25) is 0 Å². The van der Waals surface area contributed by atoms with Crippen molar-refractivity contribution in [3.05, 3.63) is 29.3 Å². The molecule has 19 heavy (non-hydrogen) atoms. The predicted octanol–water partition coefficient (Wildman–Crippen LogP) is 2.27. The quantitative estimate of drug-likeness (QED) is 0.833. The van der Waals surface area contributed by atoms with Crippen molar-refractivity contribution < 1.29 is 9.47 Å². The molecule has 0 N–H and O–H groups in total. The fourth-order valence-corrected chi connectivity index (χ4v) is 3.51. The van der Waals surface area contributed by atoms with E-state index in [1.165, 1.54) is 24.1 Å². The van der Waals surface area contributed by atoms with Crippen molar-refractivity contribution in [1.82, 2.24) is 4.90 Å². The zero-order chi connectivity index (χ0) is 13.2. The number of hydrogen-bond donors (Lipinski definition) is 0. The summed E-state index contributed by atoms with van der Waals surface area (Å²) in [7, 11) is 1.76. The summed E-state index contributed by atoms with van der Waals surface area (Å²) in [6.45, 7) is 5.38. The standard InChI is InChI=1S/C16H23NO2/c1-3-7-17-8-9-19-16-11-13-12(10-14(16)17)5-4-6-15(13)18-2/h4-6,14,16H,3,7-11H2,1-2H3/t14-,16-/m0/s1. The van der Waals surface area contributed by atoms with Crippen LogP contribution in [-0.4, -0.2) is 43.9 Å². The van der Waals surface area contributed by atoms with Crippen LogP contribution in [0.25, 0.3) is 0 Å². The van der Waals surface area contributed by atoms with Crippen molar-refractivity contribution in [2.75, 3.05) is 26.8 Å². The van der Waals surface area contributed by atoms with Crippen LogP contribution in [0.1, 0.15) is 24.5 Å². The molecular formula is C16H23NO2. The molecule has 1 aliphatic heterocycles. The van der Waals surface area contributed by atoms with Crippen LogP contribution >= 0.6 is 0 Å². The van der Waals surface area contributed by atoms with Crippen molar-refractivity contribution in [1.29, 1.82) is 0 Å². The highest BCUT2D eigenvalue weighted by atomic mass is 16.5. The maximum atomic E-state index is 6.02. The lowest BCUT2D eigenvalue weighted by Crippen LogP contribution is -2.55. The first-order valence-corrected chi connectivity index (χ1v) is 7.34. The highest BCUT2D eigenvalue weighted by Gasteiger charge is 2.36. The molecule has 0 saturated carbocycles. The van der Waals surface area contributed by atoms with Crippen LogP contribution in [0.2, 0.25) is 0 Å². The van der Waals surface area contributed by atoms with E-state index in [2.05, 4.69) is 30.0 Å². The van der Waals surface area contributed by atoms with Crippen LogP contribution in [0.3, 0.4) is 0 Å². The van der Waals surface area contributed by atoms with Crippen LogP contribution in [0.4, 0.5) is 0 Å². The largest absolute Gasteiger partial charge is 0.496 e. The molecule has 0 spiro atoms. The molecule has 2 atom stereocenters. The Kier molecular flexibility index (Phi) is 3.76. The number of morpholine rings is 1. The predicted molar refractivity (Wildman–Crippen MR) is 75.8 cm³/mol. The van der Waals surface area contributed by atoms with Gasteiger partial charge in [-0.3, -0.25) is 4.90 Å². The molecule has 2 aliphatic rings. The van der Waals surface area contributed by atoms with Gasteiger partial charge in [0, 0.05) is 19.0 Å². The van der Waals surface area contributed by atoms with Crippen LogP contribution in [-0.2, 0) is 17.6 Å². The Labute approximate surface area is 115 Å². The fraction of sp³-hybridized carbons (Fsp3) is 0.625. The smallest absolute Gasteiger partial charge is 0.122 e. The zero-order valence-electron chi connectivity index (χ0n) is 11.9. The summed E-state index contributed by atoms with van der Waals surface area (Å²) in [5.74, 6) is 1.02. The van der Waals surface area contributed by atoms with Crippen molar-refractivity contribution in [3.8, 4) is 5.75 Å². The Morgan fingerprint density at radius 1 is 1.37 bits per heavy atom. The van der Waals surface area contributed by atoms with Crippen LogP contribution in [0.15, 0.2) is 18.2 Å². The lowest BCUT2D eigenvalue weighted by Gasteiger charge is -2.44. The Bertz CT molecular complexity index is 444. The van der Waals surface area contributed by atoms with Crippen LogP contribution in [0, 0.1) is 0 Å². The Morgan fingerprint density at radius 3 is 3.05 bits per heavy atom. The van der Waals surface area contributed by atoms with E-state index in [9.17, 15) is 0 Å². The molecule has 0 amide bonds. The molecule has 1 aromatic rings. The molecule has 1 saturated heterocycles. The van der Waals surface area contributed by atoms with Gasteiger partial charge >= 0.3 is 0 Å². The third-order valence-electron chi connectivity index (χ3n) is 4.40. The van der Waals surface area contributed by atoms with Crippen molar-refractivity contribution in [3.63, 3.8) is 0 Å². The number of methoxy groups -OCH3 is 1. The second-order valence-corrected chi connectivity index (χ2v) is 5.52. The topological polar surface area (TPSA) is 21.7 Å². The van der Waals surface area contributed by atoms with Crippen molar-refractivity contribution in [2.24, 2.45) is 0 Å². The van der Waals surface area contributed by atoms with E-state index in [1.807, 2.05) is 0 Å². The minimum Gasteiger partial charge on any atom is -0.496 e. The summed E-state index contributed by atoms with van der Waals surface area (Å²) in [6.07, 6.45) is 3.64. The van der Waals surface area contributed by atoms with Crippen molar-refractivity contribution >= 4 is 0 Å². The molecule has 0 aromatic heterocycles. The summed E-state index contributed by atoms with van der Waals surface area (Å²) in [6, 6.07) is 6.96. The third kappa shape index (κ3) is 2.37. The van der Waals surface area contributed by atoms with Gasteiger partial charge in [-0.2, -0.15) is 0 Å². The lowest BCUT2D eigenvalue weighted by atomic mass is 9.84. The molecule has 104 valence electrons. The van der Waals surface area contributed by atoms with Crippen LogP contribution in [0.5, 0.6) is 5.75 Å². The van der Waals surface area contributed by atoms with Gasteiger partial charge in [-0.15, -0.1) is 0 Å². The summed E-state index contributed by atoms with van der Waals surface area (Å²) in [4.78, 5) is 2.61. The lowest BCUT2D eigenvalue weighted by molar-refractivity contribution is -0.0741. The highest BCUT2D eigenvalue weighted by molar-refractivity contribution is 5.43. The Hall–Kier alpha value is -1.06. The average molecular weight is 261 g/mol. The normalized spacial score (nSPS) is 26.6. The van der Waals surface area contributed by atoms with Crippen molar-refractivity contribution in [2.45, 2.75) is 38.3 Å². The first-order chi connectivity index (χ1) is 9.33. The Morgan fingerprint density at radius 2 is 2.26 bits per heavy atom. The summed E-state index contributed by atoms with van der Waals surface area (Å²) in [5, 5.41) is 0. The average Bonchev–Trinajstić information content (AvgIpc) is 2.45. The molecule has 3 heteroatoms. The van der Waals surface area contributed by atoms with Gasteiger partial charge in [0.15, 0.2) is 0 Å². The number of ether oxygens (including phenoxy) is 2. The second kappa shape index (κ2) is 5.51. The molecule has 0 radical (unpaired) electrons. The van der Waals surface area contributed by atoms with Gasteiger partial charge in [-0.05, 0) is 36.6 Å². The number of benzene rings is 1. The first kappa shape index (κ1) is 12.9. The Balaban J connectivity index is 1.88. The third-order valence-corrected chi connectivity index (χ3v) is 4.40. The van der Waals surface area contributed by atoms with E-state index < -0.39 is 0 Å². The van der Waals surface area contributed by atoms with Crippen LogP contribution < -0.4 is 4.74 Å². The molecule has 1 aromatic carbocycles. The SMILES string of the molecule is CCCN1CCO[C@H]2Cc3c(cccc3OC)C[C@@H]21. The first-order valence-electron chi connectivity index (χ1n) is 7.34. The van der Waals surface area contributed by atoms with E-state index in [4.69, 9.17) is 9.47 Å². The summed E-state index contributed by atoms with van der Waals surface area (Å²) < 4.78 is 11.5. The molecule has 0 bridgehead atoms. The van der Waals surface area contributed by atoms with Gasteiger partial charge in [0.1, 0.15) is 5.75 Å². The van der Waals surface area contributed by atoms with Gasteiger partial charge < -0.3 is 9.47 Å². The van der Waals surface area contributed by atoms with Gasteiger partial charge in [-0.25, -0.2) is 0 Å². The summed E-state index contributed by atoms with van der Waals surface area (Å²) >= 11 is 0. The monoisotopic (exact) mass is 261 g/mol. The molecule has 3 nitrogen and oxygen atoms in total. The van der Waals surface area contributed by atoms with Gasteiger partial charge in [-0.1, -0.05) is 19.1 Å². The van der Waals surface area contributed by atoms with Gasteiger partial charge in [0.25, 0.3) is 0 Å². The second-order valence-electron chi connectivity index (χ2n) is 5.52. The molecule has 1 heterocycles. The van der Waals surface area contributed by atoms with E-state index in [-0.39, 0.29) is 0 Å². The minimum absolute atomic E-state index is 0.337. The molecule has 3 rings (SSSR count). The summed E-state index contributed by atoms with van der Waals surface area (Å²) in [5.41, 5.74) is 2.79. The maximum Gasteiger partial charge on any atom is 0.122 e. The van der Waals surface area contributed by atoms with E-state index in [0.717, 1.165) is 31.7 Å². The van der Waals surface area contributed by atoms with E-state index in [1.54, 1.807) is 7.11 Å². The minimum atomic E-state index is 0.337. The van der Waals surface area contributed by atoms with E-state index in [0.29, 0.717) is 12.1 Å². The number of rotatable bonds is 3. The van der Waals surface area contributed by atoms with E-state index >= 15 is 0 Å². The zero-order valence-corrected chi connectivity index (χ0v) is 11.9. The number of hydrogen-bond acceptors (Lipinski definition) is 3. The van der Waals surface area contributed by atoms with Gasteiger partial charge in [0.05, 0.1) is 19.8 Å². The molecule has 1 fully saturated rings. The molecular weight excluding hydrogens is 238 g/mol. The molecule has 1 aliphatic carbocycles. The molecule has 0 unspecified atom stereocenters.